The molecule has 0 spiro atoms. The molecule has 0 saturated heterocycles. The number of guanidine groups is 1. The van der Waals surface area contributed by atoms with Gasteiger partial charge in [0.05, 0.1) is 6.54 Å². The molecular formula is C17H29IN4. The highest BCUT2D eigenvalue weighted by atomic mass is 127. The number of nitrogens with one attached hydrogen (secondary N) is 1. The van der Waals surface area contributed by atoms with Crippen LogP contribution in [0.15, 0.2) is 29.3 Å². The highest BCUT2D eigenvalue weighted by Gasteiger charge is 2.18. The van der Waals surface area contributed by atoms with Crippen molar-refractivity contribution in [3.63, 3.8) is 0 Å². The molecule has 1 fully saturated rings. The van der Waals surface area contributed by atoms with Crippen LogP contribution in [-0.4, -0.2) is 37.0 Å². The van der Waals surface area contributed by atoms with Gasteiger partial charge in [-0.3, -0.25) is 4.99 Å². The lowest BCUT2D eigenvalue weighted by Crippen LogP contribution is -2.32. The minimum Gasteiger partial charge on any atom is -0.370 e. The van der Waals surface area contributed by atoms with E-state index in [2.05, 4.69) is 41.3 Å². The number of aryl methyl sites for hydroxylation is 1. The van der Waals surface area contributed by atoms with Crippen molar-refractivity contribution < 1.29 is 0 Å². The highest BCUT2D eigenvalue weighted by Crippen LogP contribution is 2.21. The number of hydrogen-bond acceptors (Lipinski definition) is 2. The Morgan fingerprint density at radius 1 is 1.27 bits per heavy atom. The fraction of sp³-hybridized carbons (Fsp3) is 0.588. The van der Waals surface area contributed by atoms with Crippen molar-refractivity contribution in [1.82, 2.24) is 4.90 Å². The topological polar surface area (TPSA) is 53.6 Å². The van der Waals surface area contributed by atoms with Gasteiger partial charge in [-0.2, -0.15) is 0 Å². The molecule has 1 saturated carbocycles. The first-order valence-electron chi connectivity index (χ1n) is 8.05. The summed E-state index contributed by atoms with van der Waals surface area (Å²) in [6.07, 6.45) is 6.46. The second-order valence-electron chi connectivity index (χ2n) is 5.86. The Kier molecular flexibility index (Phi) is 8.78. The SMILES string of the molecule is CCc1ccc(NC(N)=NCCN(C)C2CCCC2)cc1.I. The molecule has 0 radical (unpaired) electrons. The minimum absolute atomic E-state index is 0. The van der Waals surface area contributed by atoms with Gasteiger partial charge in [0.25, 0.3) is 0 Å². The second-order valence-corrected chi connectivity index (χ2v) is 5.86. The van der Waals surface area contributed by atoms with Crippen LogP contribution in [0.1, 0.15) is 38.2 Å². The maximum atomic E-state index is 5.94. The van der Waals surface area contributed by atoms with Crippen molar-refractivity contribution in [2.24, 2.45) is 10.7 Å². The number of nitrogens with two attached hydrogens (primary N) is 1. The number of aliphatic imine (C=N–C) groups is 1. The average Bonchev–Trinajstić information content (AvgIpc) is 3.02. The van der Waals surface area contributed by atoms with Crippen LogP contribution in [0.5, 0.6) is 0 Å². The zero-order valence-electron chi connectivity index (χ0n) is 13.7. The highest BCUT2D eigenvalue weighted by molar-refractivity contribution is 14.0. The van der Waals surface area contributed by atoms with Gasteiger partial charge < -0.3 is 16.0 Å². The smallest absolute Gasteiger partial charge is 0.193 e. The molecule has 124 valence electrons. The molecule has 1 aliphatic carbocycles. The predicted octanol–water partition coefficient (Wildman–Crippen LogP) is 3.47. The summed E-state index contributed by atoms with van der Waals surface area (Å²) in [7, 11) is 2.19. The molecule has 0 aromatic heterocycles. The summed E-state index contributed by atoms with van der Waals surface area (Å²) in [6.45, 7) is 3.87. The van der Waals surface area contributed by atoms with Gasteiger partial charge in [-0.25, -0.2) is 0 Å². The van der Waals surface area contributed by atoms with Gasteiger partial charge in [-0.1, -0.05) is 31.9 Å². The lowest BCUT2D eigenvalue weighted by molar-refractivity contribution is 0.252. The van der Waals surface area contributed by atoms with E-state index in [1.54, 1.807) is 0 Å². The molecule has 1 aromatic rings. The first-order valence-corrected chi connectivity index (χ1v) is 8.05. The molecule has 0 amide bonds. The number of anilines is 1. The Hall–Kier alpha value is -0.820. The van der Waals surface area contributed by atoms with Crippen molar-refractivity contribution in [3.8, 4) is 0 Å². The van der Waals surface area contributed by atoms with Crippen LogP contribution in [0.2, 0.25) is 0 Å². The molecule has 0 atom stereocenters. The van der Waals surface area contributed by atoms with Crippen molar-refractivity contribution in [2.75, 3.05) is 25.5 Å². The lowest BCUT2D eigenvalue weighted by Gasteiger charge is -2.22. The van der Waals surface area contributed by atoms with E-state index in [4.69, 9.17) is 5.73 Å². The molecule has 22 heavy (non-hydrogen) atoms. The van der Waals surface area contributed by atoms with E-state index in [1.165, 1.54) is 31.2 Å². The lowest BCUT2D eigenvalue weighted by atomic mass is 10.1. The van der Waals surface area contributed by atoms with Crippen molar-refractivity contribution in [1.29, 1.82) is 0 Å². The van der Waals surface area contributed by atoms with Crippen LogP contribution < -0.4 is 11.1 Å². The Morgan fingerprint density at radius 2 is 1.91 bits per heavy atom. The van der Waals surface area contributed by atoms with Gasteiger partial charge >= 0.3 is 0 Å². The van der Waals surface area contributed by atoms with Crippen LogP contribution in [0.3, 0.4) is 0 Å². The average molecular weight is 416 g/mol. The van der Waals surface area contributed by atoms with E-state index >= 15 is 0 Å². The van der Waals surface area contributed by atoms with Gasteiger partial charge in [0.15, 0.2) is 5.96 Å². The van der Waals surface area contributed by atoms with Crippen LogP contribution in [-0.2, 0) is 6.42 Å². The second kappa shape index (κ2) is 10.0. The van der Waals surface area contributed by atoms with E-state index in [0.29, 0.717) is 5.96 Å². The van der Waals surface area contributed by atoms with Gasteiger partial charge in [0.1, 0.15) is 0 Å². The first-order chi connectivity index (χ1) is 10.2. The maximum absolute atomic E-state index is 5.94. The molecule has 2 rings (SSSR count). The zero-order chi connectivity index (χ0) is 15.1. The molecule has 1 aliphatic rings. The molecule has 0 bridgehead atoms. The number of halogens is 1. The number of rotatable bonds is 6. The molecule has 0 unspecified atom stereocenters. The number of hydrogen-bond donors (Lipinski definition) is 2. The third-order valence-corrected chi connectivity index (χ3v) is 4.32. The molecule has 0 heterocycles. The predicted molar refractivity (Wildman–Crippen MR) is 106 cm³/mol. The van der Waals surface area contributed by atoms with Gasteiger partial charge in [0.2, 0.25) is 0 Å². The monoisotopic (exact) mass is 416 g/mol. The fourth-order valence-electron chi connectivity index (χ4n) is 2.87. The maximum Gasteiger partial charge on any atom is 0.193 e. The summed E-state index contributed by atoms with van der Waals surface area (Å²) in [5, 5.41) is 3.15. The quantitative estimate of drug-likeness (QED) is 0.424. The summed E-state index contributed by atoms with van der Waals surface area (Å²) < 4.78 is 0. The van der Waals surface area contributed by atoms with E-state index in [0.717, 1.165) is 31.2 Å². The Labute approximate surface area is 151 Å². The van der Waals surface area contributed by atoms with Crippen LogP contribution >= 0.6 is 24.0 Å². The summed E-state index contributed by atoms with van der Waals surface area (Å²) in [6, 6.07) is 9.07. The van der Waals surface area contributed by atoms with Crippen LogP contribution in [0, 0.1) is 0 Å². The van der Waals surface area contributed by atoms with E-state index in [-0.39, 0.29) is 24.0 Å². The summed E-state index contributed by atoms with van der Waals surface area (Å²) in [4.78, 5) is 6.83. The van der Waals surface area contributed by atoms with Gasteiger partial charge in [-0.15, -0.1) is 24.0 Å². The van der Waals surface area contributed by atoms with Crippen LogP contribution in [0.4, 0.5) is 5.69 Å². The van der Waals surface area contributed by atoms with Crippen molar-refractivity contribution >= 4 is 35.6 Å². The largest absolute Gasteiger partial charge is 0.370 e. The van der Waals surface area contributed by atoms with Gasteiger partial charge in [0, 0.05) is 18.3 Å². The zero-order valence-corrected chi connectivity index (χ0v) is 16.0. The third-order valence-electron chi connectivity index (χ3n) is 4.32. The molecule has 4 nitrogen and oxygen atoms in total. The van der Waals surface area contributed by atoms with E-state index in [9.17, 15) is 0 Å². The number of nitrogens with zero attached hydrogens (tertiary/aromatic N) is 2. The summed E-state index contributed by atoms with van der Waals surface area (Å²) in [5.74, 6) is 0.499. The van der Waals surface area contributed by atoms with Crippen molar-refractivity contribution in [3.05, 3.63) is 29.8 Å². The third kappa shape index (κ3) is 6.12. The Balaban J connectivity index is 0.00000242. The summed E-state index contributed by atoms with van der Waals surface area (Å²) in [5.41, 5.74) is 8.26. The Bertz CT molecular complexity index is 452. The standard InChI is InChI=1S/C17H28N4.HI/c1-3-14-8-10-15(11-9-14)20-17(18)19-12-13-21(2)16-6-4-5-7-16;/h8-11,16H,3-7,12-13H2,1-2H3,(H3,18,19,20);1H. The van der Waals surface area contributed by atoms with Gasteiger partial charge in [-0.05, 0) is 44.0 Å². The summed E-state index contributed by atoms with van der Waals surface area (Å²) >= 11 is 0. The fourth-order valence-corrected chi connectivity index (χ4v) is 2.87. The molecule has 1 aromatic carbocycles. The number of likely N-dealkylation sites (N-methyl/N-ethyl adjacent to an activating group) is 1. The minimum atomic E-state index is 0. The van der Waals surface area contributed by atoms with E-state index in [1.807, 2.05) is 12.1 Å². The Morgan fingerprint density at radius 3 is 2.50 bits per heavy atom. The molecule has 5 heteroatoms. The molecule has 0 aliphatic heterocycles. The van der Waals surface area contributed by atoms with E-state index < -0.39 is 0 Å². The normalized spacial score (nSPS) is 15.9. The number of benzene rings is 1. The molecular weight excluding hydrogens is 387 g/mol. The first kappa shape index (κ1) is 19.2. The van der Waals surface area contributed by atoms with Crippen LogP contribution in [0.25, 0.3) is 0 Å². The van der Waals surface area contributed by atoms with Crippen molar-refractivity contribution in [2.45, 2.75) is 45.1 Å². The molecule has 3 N–H and O–H groups in total.